The molecule has 0 fully saturated rings. The average Bonchev–Trinajstić information content (AvgIpc) is 2.50. The van der Waals surface area contributed by atoms with Crippen molar-refractivity contribution in [1.29, 1.82) is 0 Å². The van der Waals surface area contributed by atoms with Gasteiger partial charge in [0.15, 0.2) is 0 Å². The van der Waals surface area contributed by atoms with Crippen LogP contribution in [-0.4, -0.2) is 12.3 Å². The van der Waals surface area contributed by atoms with E-state index in [0.29, 0.717) is 6.04 Å². The standard InChI is InChI=1S/C19H25NS/c1-4-13-20-18(17-11-7-5-9-15(17)2)14-21-19-12-8-6-10-16(19)3/h5-12,18,20H,4,13-14H2,1-3H3. The van der Waals surface area contributed by atoms with Gasteiger partial charge in [0.1, 0.15) is 0 Å². The Bertz CT molecular complexity index is 565. The van der Waals surface area contributed by atoms with E-state index in [9.17, 15) is 0 Å². The van der Waals surface area contributed by atoms with Gasteiger partial charge < -0.3 is 5.32 Å². The van der Waals surface area contributed by atoms with E-state index in [0.717, 1.165) is 18.7 Å². The molecule has 2 aromatic carbocycles. The zero-order valence-electron chi connectivity index (χ0n) is 13.2. The first-order valence-electron chi connectivity index (χ1n) is 7.69. The van der Waals surface area contributed by atoms with Gasteiger partial charge in [-0.05, 0) is 49.6 Å². The van der Waals surface area contributed by atoms with E-state index in [2.05, 4.69) is 74.6 Å². The van der Waals surface area contributed by atoms with Gasteiger partial charge in [0.25, 0.3) is 0 Å². The maximum atomic E-state index is 3.70. The molecule has 0 aromatic heterocycles. The zero-order chi connectivity index (χ0) is 15.1. The lowest BCUT2D eigenvalue weighted by Crippen LogP contribution is -2.24. The van der Waals surface area contributed by atoms with Gasteiger partial charge in [0.05, 0.1) is 0 Å². The second-order valence-electron chi connectivity index (χ2n) is 5.44. The van der Waals surface area contributed by atoms with Gasteiger partial charge >= 0.3 is 0 Å². The summed E-state index contributed by atoms with van der Waals surface area (Å²) < 4.78 is 0. The number of hydrogen-bond acceptors (Lipinski definition) is 2. The van der Waals surface area contributed by atoms with Crippen molar-refractivity contribution in [3.8, 4) is 0 Å². The summed E-state index contributed by atoms with van der Waals surface area (Å²) in [6, 6.07) is 17.8. The highest BCUT2D eigenvalue weighted by Crippen LogP contribution is 2.28. The third-order valence-corrected chi connectivity index (χ3v) is 4.97. The predicted octanol–water partition coefficient (Wildman–Crippen LogP) is 5.14. The Hall–Kier alpha value is -1.25. The summed E-state index contributed by atoms with van der Waals surface area (Å²) in [5.41, 5.74) is 4.16. The third kappa shape index (κ3) is 4.62. The van der Waals surface area contributed by atoms with Gasteiger partial charge in [0, 0.05) is 16.7 Å². The quantitative estimate of drug-likeness (QED) is 0.711. The number of aryl methyl sites for hydroxylation is 2. The minimum Gasteiger partial charge on any atom is -0.309 e. The van der Waals surface area contributed by atoms with Crippen molar-refractivity contribution in [3.63, 3.8) is 0 Å². The molecule has 21 heavy (non-hydrogen) atoms. The van der Waals surface area contributed by atoms with Crippen LogP contribution in [0.4, 0.5) is 0 Å². The van der Waals surface area contributed by atoms with Crippen LogP contribution >= 0.6 is 11.8 Å². The highest BCUT2D eigenvalue weighted by atomic mass is 32.2. The number of benzene rings is 2. The summed E-state index contributed by atoms with van der Waals surface area (Å²) in [7, 11) is 0. The first-order valence-corrected chi connectivity index (χ1v) is 8.68. The first-order chi connectivity index (χ1) is 10.2. The number of thioether (sulfide) groups is 1. The predicted molar refractivity (Wildman–Crippen MR) is 94.1 cm³/mol. The molecular formula is C19H25NS. The van der Waals surface area contributed by atoms with Gasteiger partial charge in [-0.2, -0.15) is 0 Å². The van der Waals surface area contributed by atoms with Crippen LogP contribution in [0.3, 0.4) is 0 Å². The van der Waals surface area contributed by atoms with Crippen LogP contribution in [0.25, 0.3) is 0 Å². The second-order valence-corrected chi connectivity index (χ2v) is 6.50. The van der Waals surface area contributed by atoms with E-state index in [-0.39, 0.29) is 0 Å². The molecule has 0 aliphatic carbocycles. The number of nitrogens with one attached hydrogen (secondary N) is 1. The summed E-state index contributed by atoms with van der Waals surface area (Å²) in [5.74, 6) is 1.07. The van der Waals surface area contributed by atoms with Gasteiger partial charge in [-0.1, -0.05) is 49.4 Å². The smallest absolute Gasteiger partial charge is 0.0418 e. The van der Waals surface area contributed by atoms with Gasteiger partial charge in [0.2, 0.25) is 0 Å². The number of hydrogen-bond donors (Lipinski definition) is 1. The van der Waals surface area contributed by atoms with Gasteiger partial charge in [-0.3, -0.25) is 0 Å². The molecule has 2 heteroatoms. The average molecular weight is 299 g/mol. The molecular weight excluding hydrogens is 274 g/mol. The molecule has 0 aliphatic heterocycles. The van der Waals surface area contributed by atoms with E-state index >= 15 is 0 Å². The lowest BCUT2D eigenvalue weighted by Gasteiger charge is -2.21. The number of rotatable bonds is 7. The zero-order valence-corrected chi connectivity index (χ0v) is 14.0. The molecule has 0 saturated carbocycles. The monoisotopic (exact) mass is 299 g/mol. The van der Waals surface area contributed by atoms with Crippen LogP contribution in [0.2, 0.25) is 0 Å². The van der Waals surface area contributed by atoms with Crippen molar-refractivity contribution in [3.05, 3.63) is 65.2 Å². The fraction of sp³-hybridized carbons (Fsp3) is 0.368. The summed E-state index contributed by atoms with van der Waals surface area (Å²) in [5, 5.41) is 3.70. The highest BCUT2D eigenvalue weighted by Gasteiger charge is 2.13. The molecule has 0 amide bonds. The maximum absolute atomic E-state index is 3.70. The molecule has 2 aromatic rings. The van der Waals surface area contributed by atoms with Crippen LogP contribution in [0, 0.1) is 13.8 Å². The molecule has 0 aliphatic rings. The lowest BCUT2D eigenvalue weighted by atomic mass is 10.0. The van der Waals surface area contributed by atoms with Crippen molar-refractivity contribution in [2.45, 2.75) is 38.1 Å². The normalized spacial score (nSPS) is 12.3. The van der Waals surface area contributed by atoms with Gasteiger partial charge in [-0.25, -0.2) is 0 Å². The van der Waals surface area contributed by atoms with Crippen LogP contribution < -0.4 is 5.32 Å². The third-order valence-electron chi connectivity index (χ3n) is 3.70. The van der Waals surface area contributed by atoms with Crippen LogP contribution in [0.5, 0.6) is 0 Å². The molecule has 1 unspecified atom stereocenters. The van der Waals surface area contributed by atoms with Crippen molar-refractivity contribution < 1.29 is 0 Å². The van der Waals surface area contributed by atoms with E-state index in [1.165, 1.54) is 21.6 Å². The molecule has 0 spiro atoms. The molecule has 0 saturated heterocycles. The topological polar surface area (TPSA) is 12.0 Å². The molecule has 0 radical (unpaired) electrons. The van der Waals surface area contributed by atoms with Crippen LogP contribution in [0.15, 0.2) is 53.4 Å². The Balaban J connectivity index is 2.10. The highest BCUT2D eigenvalue weighted by molar-refractivity contribution is 7.99. The first kappa shape index (κ1) is 16.1. The van der Waals surface area contributed by atoms with Gasteiger partial charge in [-0.15, -0.1) is 11.8 Å². The van der Waals surface area contributed by atoms with Crippen molar-refractivity contribution in [2.75, 3.05) is 12.3 Å². The molecule has 112 valence electrons. The maximum Gasteiger partial charge on any atom is 0.0418 e. The van der Waals surface area contributed by atoms with E-state index in [4.69, 9.17) is 0 Å². The summed E-state index contributed by atoms with van der Waals surface area (Å²) >= 11 is 1.95. The molecule has 0 bridgehead atoms. The van der Waals surface area contributed by atoms with Crippen LogP contribution in [-0.2, 0) is 0 Å². The Morgan fingerprint density at radius 1 is 0.952 bits per heavy atom. The molecule has 1 nitrogen and oxygen atoms in total. The van der Waals surface area contributed by atoms with Crippen molar-refractivity contribution in [1.82, 2.24) is 5.32 Å². The Labute approximate surface area is 133 Å². The fourth-order valence-electron chi connectivity index (χ4n) is 2.45. The summed E-state index contributed by atoms with van der Waals surface area (Å²) in [6.07, 6.45) is 1.16. The van der Waals surface area contributed by atoms with Crippen molar-refractivity contribution in [2.24, 2.45) is 0 Å². The fourth-order valence-corrected chi connectivity index (χ4v) is 3.56. The Morgan fingerprint density at radius 3 is 2.29 bits per heavy atom. The SMILES string of the molecule is CCCNC(CSc1ccccc1C)c1ccccc1C. The second kappa shape index (κ2) is 8.26. The molecule has 2 rings (SSSR count). The largest absolute Gasteiger partial charge is 0.309 e. The minimum atomic E-state index is 0.413. The minimum absolute atomic E-state index is 0.413. The lowest BCUT2D eigenvalue weighted by molar-refractivity contribution is 0.575. The van der Waals surface area contributed by atoms with Crippen molar-refractivity contribution >= 4 is 11.8 Å². The van der Waals surface area contributed by atoms with E-state index in [1.807, 2.05) is 11.8 Å². The Morgan fingerprint density at radius 2 is 1.62 bits per heavy atom. The van der Waals surface area contributed by atoms with Crippen LogP contribution in [0.1, 0.15) is 36.1 Å². The summed E-state index contributed by atoms with van der Waals surface area (Å²) in [4.78, 5) is 1.38. The van der Waals surface area contributed by atoms with E-state index in [1.54, 1.807) is 0 Å². The Kier molecular flexibility index (Phi) is 6.34. The van der Waals surface area contributed by atoms with E-state index < -0.39 is 0 Å². The molecule has 1 atom stereocenters. The summed E-state index contributed by atoms with van der Waals surface area (Å²) in [6.45, 7) is 7.67. The molecule has 1 N–H and O–H groups in total. The molecule has 0 heterocycles.